The van der Waals surface area contributed by atoms with Gasteiger partial charge in [-0.2, -0.15) is 0 Å². The molecule has 0 aromatic rings. The first-order valence-corrected chi connectivity index (χ1v) is 9.16. The van der Waals surface area contributed by atoms with Crippen molar-refractivity contribution < 1.29 is 13.6 Å². The third kappa shape index (κ3) is 11.7. The fourth-order valence-electron chi connectivity index (χ4n) is 1.86. The maximum absolute atomic E-state index is 10.3. The first kappa shape index (κ1) is 20.4. The first-order valence-electron chi connectivity index (χ1n) is 8.07. The summed E-state index contributed by atoms with van der Waals surface area (Å²) in [6, 6.07) is 0. The minimum atomic E-state index is -1.83. The van der Waals surface area contributed by atoms with E-state index < -0.39 is 8.25 Å². The first-order chi connectivity index (χ1) is 10.2. The molecule has 21 heavy (non-hydrogen) atoms. The predicted octanol–water partition coefficient (Wildman–Crippen LogP) is 4.35. The third-order valence-electron chi connectivity index (χ3n) is 3.03. The van der Waals surface area contributed by atoms with E-state index in [9.17, 15) is 4.57 Å². The van der Waals surface area contributed by atoms with E-state index in [1.807, 2.05) is 0 Å². The molecule has 1 aliphatic heterocycles. The van der Waals surface area contributed by atoms with Crippen LogP contribution in [0.15, 0.2) is 12.4 Å². The van der Waals surface area contributed by atoms with Crippen molar-refractivity contribution in [3.63, 3.8) is 0 Å². The molecule has 0 unspecified atom stereocenters. The zero-order chi connectivity index (χ0) is 15.9. The van der Waals surface area contributed by atoms with Crippen molar-refractivity contribution >= 4 is 8.25 Å². The minimum Gasteiger partial charge on any atom is -0.359 e. The Labute approximate surface area is 131 Å². The Morgan fingerprint density at radius 1 is 0.952 bits per heavy atom. The van der Waals surface area contributed by atoms with Gasteiger partial charge >= 0.3 is 8.25 Å². The molecule has 0 aromatic heterocycles. The molecule has 6 heteroatoms. The van der Waals surface area contributed by atoms with Crippen LogP contribution in [0.1, 0.15) is 53.4 Å². The number of unbranched alkanes of at least 4 members (excludes halogenated alkanes) is 3. The molecule has 0 radical (unpaired) electrons. The highest BCUT2D eigenvalue weighted by atomic mass is 31.1. The Bertz CT molecular complexity index is 280. The van der Waals surface area contributed by atoms with E-state index in [1.165, 1.54) is 32.2 Å². The second-order valence-electron chi connectivity index (χ2n) is 4.78. The highest BCUT2D eigenvalue weighted by Crippen LogP contribution is 2.21. The molecule has 0 atom stereocenters. The summed E-state index contributed by atoms with van der Waals surface area (Å²) in [7, 11) is -1.83. The van der Waals surface area contributed by atoms with Crippen molar-refractivity contribution in [2.75, 3.05) is 33.0 Å². The average Bonchev–Trinajstić information content (AvgIpc) is 2.93. The van der Waals surface area contributed by atoms with Crippen molar-refractivity contribution in [1.82, 2.24) is 9.80 Å². The largest absolute Gasteiger partial charge is 0.697 e. The van der Waals surface area contributed by atoms with Gasteiger partial charge in [0, 0.05) is 30.1 Å². The summed E-state index contributed by atoms with van der Waals surface area (Å²) in [5.74, 6) is 0. The lowest BCUT2D eigenvalue weighted by atomic mass is 10.2. The summed E-state index contributed by atoms with van der Waals surface area (Å²) in [6.45, 7) is 12.3. The van der Waals surface area contributed by atoms with Gasteiger partial charge in [0.05, 0.1) is 6.67 Å². The molecule has 0 saturated heterocycles. The van der Waals surface area contributed by atoms with E-state index in [2.05, 4.69) is 45.1 Å². The number of nitrogens with zero attached hydrogens (tertiary/aromatic N) is 2. The molecule has 5 nitrogen and oxygen atoms in total. The smallest absolute Gasteiger partial charge is 0.359 e. The molecule has 0 aromatic carbocycles. The molecule has 0 N–H and O–H groups in total. The van der Waals surface area contributed by atoms with Crippen LogP contribution in [0.4, 0.5) is 0 Å². The third-order valence-corrected chi connectivity index (χ3v) is 3.96. The van der Waals surface area contributed by atoms with Crippen molar-refractivity contribution in [1.29, 1.82) is 0 Å². The molecular weight excluding hydrogens is 287 g/mol. The number of hydrogen-bond donors (Lipinski definition) is 0. The Morgan fingerprint density at radius 2 is 1.57 bits per heavy atom. The standard InChI is InChI=1S/C11H22N2.C4H10O3P/c1-3-5-6-7-8-13-10-9-12(4-2)11-13;1-3-6-8(5)7-4-2/h9-10H,3-8,11H2,1-2H3;3-4H2,1-2H3/q;+1. The highest BCUT2D eigenvalue weighted by molar-refractivity contribution is 7.33. The fraction of sp³-hybridized carbons (Fsp3) is 0.867. The highest BCUT2D eigenvalue weighted by Gasteiger charge is 2.15. The lowest BCUT2D eigenvalue weighted by Gasteiger charge is -2.19. The molecule has 0 saturated carbocycles. The lowest BCUT2D eigenvalue weighted by Crippen LogP contribution is -2.25. The average molecular weight is 319 g/mol. The maximum atomic E-state index is 10.3. The summed E-state index contributed by atoms with van der Waals surface area (Å²) in [5, 5.41) is 0. The number of hydrogen-bond acceptors (Lipinski definition) is 5. The van der Waals surface area contributed by atoms with E-state index in [0.29, 0.717) is 13.2 Å². The van der Waals surface area contributed by atoms with E-state index in [4.69, 9.17) is 0 Å². The van der Waals surface area contributed by atoms with Crippen LogP contribution in [0.25, 0.3) is 0 Å². The lowest BCUT2D eigenvalue weighted by molar-refractivity contribution is 0.243. The molecule has 0 fully saturated rings. The second kappa shape index (κ2) is 14.3. The Hall–Kier alpha value is -0.640. The minimum absolute atomic E-state index is 0.440. The molecule has 124 valence electrons. The topological polar surface area (TPSA) is 42.0 Å². The van der Waals surface area contributed by atoms with Crippen LogP contribution in [-0.4, -0.2) is 42.8 Å². The van der Waals surface area contributed by atoms with Crippen LogP contribution >= 0.6 is 8.25 Å². The molecule has 0 amide bonds. The van der Waals surface area contributed by atoms with Gasteiger partial charge in [-0.05, 0) is 27.2 Å². The van der Waals surface area contributed by atoms with Crippen molar-refractivity contribution in [3.8, 4) is 0 Å². The van der Waals surface area contributed by atoms with Crippen LogP contribution in [-0.2, 0) is 13.6 Å². The summed E-state index contributed by atoms with van der Waals surface area (Å²) < 4.78 is 19.5. The van der Waals surface area contributed by atoms with Gasteiger partial charge in [0.1, 0.15) is 13.2 Å². The number of rotatable bonds is 10. The molecular formula is C15H32N2O3P+. The van der Waals surface area contributed by atoms with Crippen LogP contribution in [0.2, 0.25) is 0 Å². The molecule has 0 bridgehead atoms. The summed E-state index contributed by atoms with van der Waals surface area (Å²) in [6.07, 6.45) is 9.85. The van der Waals surface area contributed by atoms with Gasteiger partial charge in [0.2, 0.25) is 0 Å². The molecule has 1 aliphatic rings. The van der Waals surface area contributed by atoms with Crippen LogP contribution < -0.4 is 0 Å². The maximum Gasteiger partial charge on any atom is 0.697 e. The van der Waals surface area contributed by atoms with Gasteiger partial charge in [-0.25, -0.2) is 0 Å². The van der Waals surface area contributed by atoms with Gasteiger partial charge in [-0.1, -0.05) is 26.2 Å². The van der Waals surface area contributed by atoms with Crippen molar-refractivity contribution in [3.05, 3.63) is 12.4 Å². The predicted molar refractivity (Wildman–Crippen MR) is 88.1 cm³/mol. The monoisotopic (exact) mass is 319 g/mol. The van der Waals surface area contributed by atoms with Gasteiger partial charge in [0.15, 0.2) is 0 Å². The summed E-state index contributed by atoms with van der Waals surface area (Å²) in [4.78, 5) is 4.74. The quantitative estimate of drug-likeness (QED) is 0.442. The zero-order valence-electron chi connectivity index (χ0n) is 14.1. The summed E-state index contributed by atoms with van der Waals surface area (Å²) in [5.41, 5.74) is 0. The van der Waals surface area contributed by atoms with E-state index in [0.717, 1.165) is 13.2 Å². The summed E-state index contributed by atoms with van der Waals surface area (Å²) >= 11 is 0. The Kier molecular flexibility index (Phi) is 13.9. The van der Waals surface area contributed by atoms with Crippen LogP contribution in [0, 0.1) is 0 Å². The van der Waals surface area contributed by atoms with Crippen molar-refractivity contribution in [2.24, 2.45) is 0 Å². The van der Waals surface area contributed by atoms with E-state index in [-0.39, 0.29) is 0 Å². The van der Waals surface area contributed by atoms with Gasteiger partial charge < -0.3 is 9.80 Å². The fourth-order valence-corrected chi connectivity index (χ4v) is 2.35. The van der Waals surface area contributed by atoms with Crippen molar-refractivity contribution in [2.45, 2.75) is 53.4 Å². The molecule has 0 aliphatic carbocycles. The molecule has 0 spiro atoms. The second-order valence-corrected chi connectivity index (χ2v) is 5.74. The molecule has 1 heterocycles. The van der Waals surface area contributed by atoms with Crippen LogP contribution in [0.3, 0.4) is 0 Å². The zero-order valence-corrected chi connectivity index (χ0v) is 15.0. The normalized spacial score (nSPS) is 13.3. The van der Waals surface area contributed by atoms with Gasteiger partial charge in [-0.15, -0.1) is 9.05 Å². The SMILES string of the molecule is CCCCCCN1C=CN(CC)C1.CCO[P+](=O)OCC. The Balaban J connectivity index is 0.000000433. The van der Waals surface area contributed by atoms with E-state index in [1.54, 1.807) is 13.8 Å². The van der Waals surface area contributed by atoms with Crippen LogP contribution in [0.5, 0.6) is 0 Å². The van der Waals surface area contributed by atoms with E-state index >= 15 is 0 Å². The Morgan fingerprint density at radius 3 is 2.05 bits per heavy atom. The van der Waals surface area contributed by atoms with Gasteiger partial charge in [0.25, 0.3) is 0 Å². The molecule has 1 rings (SSSR count). The van der Waals surface area contributed by atoms with Gasteiger partial charge in [-0.3, -0.25) is 0 Å².